The Bertz CT molecular complexity index is 1130. The van der Waals surface area contributed by atoms with Gasteiger partial charge in [0.15, 0.2) is 22.6 Å². The van der Waals surface area contributed by atoms with Crippen molar-refractivity contribution in [1.82, 2.24) is 14.9 Å². The maximum Gasteiger partial charge on any atom is 0.243 e. The molecule has 0 aliphatic carbocycles. The van der Waals surface area contributed by atoms with Gasteiger partial charge in [-0.2, -0.15) is 0 Å². The SMILES string of the molecule is CC(C)CCn1c(SCC(=O)NCC(=O)Nc2ccc(F)c(F)c2F)nc2ccccc21. The highest BCUT2D eigenvalue weighted by Crippen LogP contribution is 2.25. The Balaban J connectivity index is 1.56. The van der Waals surface area contributed by atoms with Crippen LogP contribution in [-0.2, 0) is 16.1 Å². The number of aryl methyl sites for hydroxylation is 1. The lowest BCUT2D eigenvalue weighted by atomic mass is 10.1. The molecule has 2 N–H and O–H groups in total. The Hall–Kier alpha value is -3.01. The number of halogens is 3. The lowest BCUT2D eigenvalue weighted by Crippen LogP contribution is -2.34. The predicted molar refractivity (Wildman–Crippen MR) is 118 cm³/mol. The van der Waals surface area contributed by atoms with E-state index < -0.39 is 41.5 Å². The quantitative estimate of drug-likeness (QED) is 0.365. The van der Waals surface area contributed by atoms with E-state index in [2.05, 4.69) is 34.0 Å². The third-order valence-electron chi connectivity index (χ3n) is 4.64. The molecule has 3 rings (SSSR count). The van der Waals surface area contributed by atoms with Gasteiger partial charge in [0, 0.05) is 6.54 Å². The molecule has 0 unspecified atom stereocenters. The van der Waals surface area contributed by atoms with Crippen molar-refractivity contribution in [3.05, 3.63) is 53.8 Å². The van der Waals surface area contributed by atoms with E-state index in [-0.39, 0.29) is 5.75 Å². The van der Waals surface area contributed by atoms with E-state index in [1.807, 2.05) is 24.3 Å². The maximum absolute atomic E-state index is 13.6. The highest BCUT2D eigenvalue weighted by Gasteiger charge is 2.16. The molecule has 0 spiro atoms. The summed E-state index contributed by atoms with van der Waals surface area (Å²) in [6.45, 7) is 4.60. The highest BCUT2D eigenvalue weighted by atomic mass is 32.2. The Morgan fingerprint density at radius 1 is 1.06 bits per heavy atom. The van der Waals surface area contributed by atoms with Gasteiger partial charge in [-0.1, -0.05) is 37.7 Å². The second kappa shape index (κ2) is 10.5. The summed E-state index contributed by atoms with van der Waals surface area (Å²) in [6, 6.07) is 9.34. The van der Waals surface area contributed by atoms with E-state index >= 15 is 0 Å². The molecule has 170 valence electrons. The Kier molecular flexibility index (Phi) is 7.79. The van der Waals surface area contributed by atoms with Crippen molar-refractivity contribution in [2.45, 2.75) is 32.0 Å². The monoisotopic (exact) mass is 464 g/mol. The van der Waals surface area contributed by atoms with Crippen LogP contribution < -0.4 is 10.6 Å². The fourth-order valence-corrected chi connectivity index (χ4v) is 3.81. The number of hydrogen-bond acceptors (Lipinski definition) is 4. The van der Waals surface area contributed by atoms with Crippen LogP contribution in [0.25, 0.3) is 11.0 Å². The van der Waals surface area contributed by atoms with Crippen molar-refractivity contribution in [2.24, 2.45) is 5.92 Å². The first kappa shape index (κ1) is 23.6. The molecule has 6 nitrogen and oxygen atoms in total. The molecule has 10 heteroatoms. The summed E-state index contributed by atoms with van der Waals surface area (Å²) in [4.78, 5) is 28.7. The van der Waals surface area contributed by atoms with E-state index in [1.54, 1.807) is 0 Å². The molecule has 0 bridgehead atoms. The molecule has 0 saturated carbocycles. The number of nitrogens with one attached hydrogen (secondary N) is 2. The zero-order chi connectivity index (χ0) is 23.3. The smallest absolute Gasteiger partial charge is 0.243 e. The van der Waals surface area contributed by atoms with Gasteiger partial charge in [0.25, 0.3) is 0 Å². The molecule has 1 aromatic heterocycles. The third kappa shape index (κ3) is 5.82. The fraction of sp³-hybridized carbons (Fsp3) is 0.318. The molecule has 1 heterocycles. The molecule has 0 aliphatic rings. The van der Waals surface area contributed by atoms with Crippen LogP contribution in [0.15, 0.2) is 41.6 Å². The maximum atomic E-state index is 13.6. The molecule has 0 radical (unpaired) electrons. The summed E-state index contributed by atoms with van der Waals surface area (Å²) in [5, 5.41) is 5.23. The van der Waals surface area contributed by atoms with Gasteiger partial charge in [-0.05, 0) is 36.6 Å². The number of imidazole rings is 1. The van der Waals surface area contributed by atoms with E-state index in [0.29, 0.717) is 17.1 Å². The van der Waals surface area contributed by atoms with E-state index in [9.17, 15) is 22.8 Å². The number of para-hydroxylation sites is 2. The summed E-state index contributed by atoms with van der Waals surface area (Å²) in [7, 11) is 0. The van der Waals surface area contributed by atoms with Gasteiger partial charge >= 0.3 is 0 Å². The predicted octanol–water partition coefficient (Wildman–Crippen LogP) is 4.35. The Morgan fingerprint density at radius 3 is 2.56 bits per heavy atom. The second-order valence-corrected chi connectivity index (χ2v) is 8.50. The molecule has 3 aromatic rings. The summed E-state index contributed by atoms with van der Waals surface area (Å²) in [6.07, 6.45) is 0.959. The van der Waals surface area contributed by atoms with Gasteiger partial charge < -0.3 is 15.2 Å². The molecule has 2 amide bonds. The number of nitrogens with zero attached hydrogens (tertiary/aromatic N) is 2. The minimum atomic E-state index is -1.68. The van der Waals surface area contributed by atoms with Crippen molar-refractivity contribution < 1.29 is 22.8 Å². The third-order valence-corrected chi connectivity index (χ3v) is 5.61. The van der Waals surface area contributed by atoms with E-state index in [4.69, 9.17) is 0 Å². The average molecular weight is 465 g/mol. The summed E-state index contributed by atoms with van der Waals surface area (Å²) in [5.74, 6) is -5.18. The Labute approximate surface area is 187 Å². The van der Waals surface area contributed by atoms with E-state index in [0.717, 1.165) is 30.1 Å². The minimum Gasteiger partial charge on any atom is -0.346 e. The van der Waals surface area contributed by atoms with Crippen molar-refractivity contribution in [3.63, 3.8) is 0 Å². The zero-order valence-electron chi connectivity index (χ0n) is 17.6. The van der Waals surface area contributed by atoms with Crippen LogP contribution in [-0.4, -0.2) is 33.7 Å². The van der Waals surface area contributed by atoms with Crippen LogP contribution >= 0.6 is 11.8 Å². The van der Waals surface area contributed by atoms with Crippen LogP contribution in [0.1, 0.15) is 20.3 Å². The first-order valence-electron chi connectivity index (χ1n) is 10.0. The largest absolute Gasteiger partial charge is 0.346 e. The summed E-state index contributed by atoms with van der Waals surface area (Å²) in [5.41, 5.74) is 1.33. The summed E-state index contributed by atoms with van der Waals surface area (Å²) < 4.78 is 41.9. The molecule has 2 aromatic carbocycles. The standard InChI is InChI=1S/C22H23F3N4O2S/c1-13(2)9-10-29-17-6-4-3-5-15(17)28-22(29)32-12-19(31)26-11-18(30)27-16-8-7-14(23)20(24)21(16)25/h3-8,13H,9-12H2,1-2H3,(H,26,31)(H,27,30). The molecule has 0 fully saturated rings. The minimum absolute atomic E-state index is 0.0256. The first-order valence-corrected chi connectivity index (χ1v) is 11.0. The number of carbonyl (C=O) groups excluding carboxylic acids is 2. The van der Waals surface area contributed by atoms with Gasteiger partial charge in [0.05, 0.1) is 29.0 Å². The molecular formula is C22H23F3N4O2S. The first-order chi connectivity index (χ1) is 15.3. The number of carbonyl (C=O) groups is 2. The number of anilines is 1. The number of rotatable bonds is 9. The lowest BCUT2D eigenvalue weighted by Gasteiger charge is -2.11. The molecule has 0 saturated heterocycles. The van der Waals surface area contributed by atoms with Crippen molar-refractivity contribution >= 4 is 40.3 Å². The van der Waals surface area contributed by atoms with Crippen LogP contribution in [0.5, 0.6) is 0 Å². The molecule has 0 aliphatic heterocycles. The van der Waals surface area contributed by atoms with Gasteiger partial charge in [-0.15, -0.1) is 0 Å². The molecule has 0 atom stereocenters. The number of benzene rings is 2. The van der Waals surface area contributed by atoms with E-state index in [1.165, 1.54) is 11.8 Å². The van der Waals surface area contributed by atoms with Crippen molar-refractivity contribution in [1.29, 1.82) is 0 Å². The summed E-state index contributed by atoms with van der Waals surface area (Å²) >= 11 is 1.25. The normalized spacial score (nSPS) is 11.2. The van der Waals surface area contributed by atoms with Crippen LogP contribution in [0.4, 0.5) is 18.9 Å². The molecule has 32 heavy (non-hydrogen) atoms. The van der Waals surface area contributed by atoms with Crippen LogP contribution in [0, 0.1) is 23.4 Å². The second-order valence-electron chi connectivity index (χ2n) is 7.55. The van der Waals surface area contributed by atoms with Gasteiger partial charge in [0.1, 0.15) is 0 Å². The number of aromatic nitrogens is 2. The zero-order valence-corrected chi connectivity index (χ0v) is 18.4. The van der Waals surface area contributed by atoms with Crippen molar-refractivity contribution in [2.75, 3.05) is 17.6 Å². The fourth-order valence-electron chi connectivity index (χ4n) is 2.94. The lowest BCUT2D eigenvalue weighted by molar-refractivity contribution is -0.122. The number of thioether (sulfide) groups is 1. The van der Waals surface area contributed by atoms with Gasteiger partial charge in [-0.3, -0.25) is 9.59 Å². The van der Waals surface area contributed by atoms with Crippen molar-refractivity contribution in [3.8, 4) is 0 Å². The topological polar surface area (TPSA) is 76.0 Å². The van der Waals surface area contributed by atoms with Gasteiger partial charge in [-0.25, -0.2) is 18.2 Å². The van der Waals surface area contributed by atoms with Crippen LogP contribution in [0.2, 0.25) is 0 Å². The number of amides is 2. The average Bonchev–Trinajstić information content (AvgIpc) is 3.12. The van der Waals surface area contributed by atoms with Crippen LogP contribution in [0.3, 0.4) is 0 Å². The number of fused-ring (bicyclic) bond motifs is 1. The highest BCUT2D eigenvalue weighted by molar-refractivity contribution is 7.99. The van der Waals surface area contributed by atoms with Gasteiger partial charge in [0.2, 0.25) is 11.8 Å². The number of hydrogen-bond donors (Lipinski definition) is 2. The molecular weight excluding hydrogens is 441 g/mol. The Morgan fingerprint density at radius 2 is 1.81 bits per heavy atom.